The third kappa shape index (κ3) is 3.74. The highest BCUT2D eigenvalue weighted by Gasteiger charge is 2.38. The van der Waals surface area contributed by atoms with Crippen molar-refractivity contribution in [1.29, 1.82) is 5.26 Å². The van der Waals surface area contributed by atoms with Crippen LogP contribution in [0, 0.1) is 31.1 Å². The van der Waals surface area contributed by atoms with Gasteiger partial charge in [-0.3, -0.25) is 0 Å². The van der Waals surface area contributed by atoms with Crippen molar-refractivity contribution in [2.75, 3.05) is 20.1 Å². The average molecular weight is 335 g/mol. The summed E-state index contributed by atoms with van der Waals surface area (Å²) in [6.45, 7) is 6.54. The van der Waals surface area contributed by atoms with Gasteiger partial charge in [-0.15, -0.1) is 0 Å². The highest BCUT2D eigenvalue weighted by Crippen LogP contribution is 2.36. The van der Waals surface area contributed by atoms with E-state index in [0.717, 1.165) is 29.5 Å². The second-order valence-corrected chi connectivity index (χ2v) is 8.44. The van der Waals surface area contributed by atoms with Crippen molar-refractivity contribution in [2.24, 2.45) is 5.92 Å². The lowest BCUT2D eigenvalue weighted by atomic mass is 9.98. The molecule has 0 bridgehead atoms. The summed E-state index contributed by atoms with van der Waals surface area (Å²) in [6.07, 6.45) is 1.70. The van der Waals surface area contributed by atoms with Gasteiger partial charge in [-0.25, -0.2) is 0 Å². The summed E-state index contributed by atoms with van der Waals surface area (Å²) < 4.78 is 28.7. The van der Waals surface area contributed by atoms with Crippen LogP contribution in [0.15, 0.2) is 18.2 Å². The Kier molecular flexibility index (Phi) is 5.45. The van der Waals surface area contributed by atoms with Crippen molar-refractivity contribution >= 4 is 10.2 Å². The number of nitriles is 1. The predicted molar refractivity (Wildman–Crippen MR) is 90.9 cm³/mol. The van der Waals surface area contributed by atoms with Gasteiger partial charge in [0.2, 0.25) is 0 Å². The van der Waals surface area contributed by atoms with Crippen LogP contribution in [0.2, 0.25) is 0 Å². The molecule has 0 saturated carbocycles. The third-order valence-corrected chi connectivity index (χ3v) is 6.41. The summed E-state index contributed by atoms with van der Waals surface area (Å²) in [5.41, 5.74) is 3.35. The maximum Gasteiger partial charge on any atom is 0.282 e. The first-order valence-corrected chi connectivity index (χ1v) is 9.37. The van der Waals surface area contributed by atoms with E-state index >= 15 is 0 Å². The number of rotatable bonds is 5. The van der Waals surface area contributed by atoms with Crippen molar-refractivity contribution in [3.05, 3.63) is 34.9 Å². The van der Waals surface area contributed by atoms with Crippen LogP contribution in [0.3, 0.4) is 0 Å². The highest BCUT2D eigenvalue weighted by molar-refractivity contribution is 7.86. The Morgan fingerprint density at radius 3 is 2.78 bits per heavy atom. The predicted octanol–water partition coefficient (Wildman–Crippen LogP) is 2.78. The molecule has 2 rings (SSSR count). The molecule has 0 aromatic heterocycles. The second kappa shape index (κ2) is 7.00. The van der Waals surface area contributed by atoms with Gasteiger partial charge in [0.15, 0.2) is 0 Å². The zero-order valence-electron chi connectivity index (χ0n) is 14.3. The molecule has 1 aliphatic rings. The molecule has 1 heterocycles. The molecular formula is C17H25N3O2S. The summed E-state index contributed by atoms with van der Waals surface area (Å²) in [6, 6.07) is 8.17. The molecule has 5 nitrogen and oxygen atoms in total. The monoisotopic (exact) mass is 335 g/mol. The van der Waals surface area contributed by atoms with Crippen LogP contribution in [0.4, 0.5) is 0 Å². The molecule has 126 valence electrons. The Bertz CT molecular complexity index is 709. The van der Waals surface area contributed by atoms with Crippen LogP contribution in [0.5, 0.6) is 0 Å². The van der Waals surface area contributed by atoms with Crippen LogP contribution in [0.1, 0.15) is 42.5 Å². The Morgan fingerprint density at radius 1 is 1.43 bits per heavy atom. The molecule has 6 heteroatoms. The smallest absolute Gasteiger partial charge is 0.198 e. The zero-order chi connectivity index (χ0) is 17.2. The van der Waals surface area contributed by atoms with Gasteiger partial charge in [0, 0.05) is 20.1 Å². The van der Waals surface area contributed by atoms with E-state index in [0.29, 0.717) is 6.54 Å². The maximum atomic E-state index is 12.9. The second-order valence-electron chi connectivity index (χ2n) is 6.45. The van der Waals surface area contributed by atoms with Gasteiger partial charge in [-0.1, -0.05) is 23.8 Å². The number of nitrogens with zero attached hydrogens (tertiary/aromatic N) is 3. The molecule has 1 aromatic carbocycles. The molecule has 23 heavy (non-hydrogen) atoms. The SMILES string of the molecule is Cc1ccc(C)c(C2CCCN2S(=O)(=O)N(C)CC(C)C#N)c1. The van der Waals surface area contributed by atoms with Crippen LogP contribution in [0.25, 0.3) is 0 Å². The number of benzene rings is 1. The molecule has 1 aliphatic heterocycles. The van der Waals surface area contributed by atoms with Crippen molar-refractivity contribution in [3.63, 3.8) is 0 Å². The van der Waals surface area contributed by atoms with E-state index < -0.39 is 10.2 Å². The molecule has 2 atom stereocenters. The molecule has 0 radical (unpaired) electrons. The van der Waals surface area contributed by atoms with Gasteiger partial charge >= 0.3 is 0 Å². The molecule has 2 unspecified atom stereocenters. The minimum absolute atomic E-state index is 0.111. The quantitative estimate of drug-likeness (QED) is 0.831. The molecule has 1 fully saturated rings. The van der Waals surface area contributed by atoms with E-state index in [4.69, 9.17) is 5.26 Å². The molecule has 0 aliphatic carbocycles. The van der Waals surface area contributed by atoms with Crippen molar-refractivity contribution < 1.29 is 8.42 Å². The van der Waals surface area contributed by atoms with Crippen molar-refractivity contribution in [1.82, 2.24) is 8.61 Å². The standard InChI is InChI=1S/C17H25N3O2S/c1-13-7-8-15(3)16(10-13)17-6-5-9-20(17)23(21,22)19(4)12-14(2)11-18/h7-8,10,14,17H,5-6,9,12H2,1-4H3. The molecular weight excluding hydrogens is 310 g/mol. The van der Waals surface area contributed by atoms with Gasteiger partial charge in [0.1, 0.15) is 0 Å². The molecule has 0 spiro atoms. The average Bonchev–Trinajstić information content (AvgIpc) is 2.99. The molecule has 1 aromatic rings. The summed E-state index contributed by atoms with van der Waals surface area (Å²) in [5, 5.41) is 8.93. The van der Waals surface area contributed by atoms with Gasteiger partial charge < -0.3 is 0 Å². The zero-order valence-corrected chi connectivity index (χ0v) is 15.1. The summed E-state index contributed by atoms with van der Waals surface area (Å²) in [4.78, 5) is 0. The third-order valence-electron chi connectivity index (χ3n) is 4.44. The van der Waals surface area contributed by atoms with E-state index in [1.165, 1.54) is 4.31 Å². The number of hydrogen-bond donors (Lipinski definition) is 0. The Morgan fingerprint density at radius 2 is 2.13 bits per heavy atom. The lowest BCUT2D eigenvalue weighted by Crippen LogP contribution is -2.43. The molecule has 1 saturated heterocycles. The van der Waals surface area contributed by atoms with Gasteiger partial charge in [0.25, 0.3) is 10.2 Å². The number of aryl methyl sites for hydroxylation is 2. The first-order valence-electron chi connectivity index (χ1n) is 7.97. The summed E-state index contributed by atoms with van der Waals surface area (Å²) in [5.74, 6) is -0.323. The van der Waals surface area contributed by atoms with Crippen LogP contribution >= 0.6 is 0 Å². The van der Waals surface area contributed by atoms with Crippen molar-refractivity contribution in [3.8, 4) is 6.07 Å². The van der Waals surface area contributed by atoms with E-state index in [1.54, 1.807) is 18.3 Å². The van der Waals surface area contributed by atoms with Crippen LogP contribution < -0.4 is 0 Å². The minimum atomic E-state index is -3.56. The summed E-state index contributed by atoms with van der Waals surface area (Å²) in [7, 11) is -2.00. The Balaban J connectivity index is 2.31. The Labute approximate surface area is 139 Å². The number of hydrogen-bond acceptors (Lipinski definition) is 3. The van der Waals surface area contributed by atoms with Crippen LogP contribution in [-0.4, -0.2) is 37.2 Å². The highest BCUT2D eigenvalue weighted by atomic mass is 32.2. The largest absolute Gasteiger partial charge is 0.282 e. The van der Waals surface area contributed by atoms with Gasteiger partial charge in [-0.05, 0) is 44.7 Å². The summed E-state index contributed by atoms with van der Waals surface area (Å²) >= 11 is 0. The maximum absolute atomic E-state index is 12.9. The van der Waals surface area contributed by atoms with E-state index in [2.05, 4.69) is 18.2 Å². The van der Waals surface area contributed by atoms with Gasteiger partial charge in [-0.2, -0.15) is 22.3 Å². The van der Waals surface area contributed by atoms with Crippen molar-refractivity contribution in [2.45, 2.75) is 39.7 Å². The van der Waals surface area contributed by atoms with E-state index in [9.17, 15) is 8.42 Å². The molecule has 0 N–H and O–H groups in total. The van der Waals surface area contributed by atoms with E-state index in [1.807, 2.05) is 19.9 Å². The van der Waals surface area contributed by atoms with Crippen LogP contribution in [-0.2, 0) is 10.2 Å². The van der Waals surface area contributed by atoms with E-state index in [-0.39, 0.29) is 18.5 Å². The minimum Gasteiger partial charge on any atom is -0.198 e. The normalized spacial score (nSPS) is 20.6. The lowest BCUT2D eigenvalue weighted by molar-refractivity contribution is 0.339. The fourth-order valence-electron chi connectivity index (χ4n) is 3.15. The topological polar surface area (TPSA) is 64.4 Å². The Hall–Kier alpha value is -1.42. The fourth-order valence-corrected chi connectivity index (χ4v) is 4.82. The fraction of sp³-hybridized carbons (Fsp3) is 0.588. The first-order chi connectivity index (χ1) is 10.8. The van der Waals surface area contributed by atoms with Gasteiger partial charge in [0.05, 0.1) is 18.0 Å². The molecule has 0 amide bonds. The first kappa shape index (κ1) is 17.9. The lowest BCUT2D eigenvalue weighted by Gasteiger charge is -2.30.